The van der Waals surface area contributed by atoms with E-state index in [0.29, 0.717) is 17.4 Å². The average Bonchev–Trinajstić information content (AvgIpc) is 2.94. The highest BCUT2D eigenvalue weighted by atomic mass is 16.1. The molecule has 0 bridgehead atoms. The SMILES string of the molecule is Cn1nnnc1-c1cccc(C(=O)NC2CCCCC2)c1. The third kappa shape index (κ3) is 3.09. The molecule has 0 spiro atoms. The van der Waals surface area contributed by atoms with Gasteiger partial charge >= 0.3 is 0 Å². The Hall–Kier alpha value is -2.24. The Morgan fingerprint density at radius 1 is 1.29 bits per heavy atom. The Labute approximate surface area is 123 Å². The van der Waals surface area contributed by atoms with E-state index in [1.807, 2.05) is 24.3 Å². The van der Waals surface area contributed by atoms with Gasteiger partial charge in [-0.3, -0.25) is 4.79 Å². The van der Waals surface area contributed by atoms with E-state index in [9.17, 15) is 4.79 Å². The summed E-state index contributed by atoms with van der Waals surface area (Å²) in [7, 11) is 1.78. The maximum atomic E-state index is 12.4. The molecule has 1 aliphatic carbocycles. The fraction of sp³-hybridized carbons (Fsp3) is 0.467. The van der Waals surface area contributed by atoms with Crippen LogP contribution in [0.25, 0.3) is 11.4 Å². The Morgan fingerprint density at radius 3 is 2.81 bits per heavy atom. The van der Waals surface area contributed by atoms with Gasteiger partial charge in [-0.15, -0.1) is 5.10 Å². The summed E-state index contributed by atoms with van der Waals surface area (Å²) in [5.41, 5.74) is 1.50. The van der Waals surface area contributed by atoms with Crippen LogP contribution in [0, 0.1) is 0 Å². The molecule has 3 rings (SSSR count). The van der Waals surface area contributed by atoms with Crippen molar-refractivity contribution in [3.63, 3.8) is 0 Å². The predicted octanol–water partition coefficient (Wildman–Crippen LogP) is 1.94. The Balaban J connectivity index is 1.76. The Kier molecular flexibility index (Phi) is 3.94. The molecule has 0 atom stereocenters. The molecular formula is C15H19N5O. The monoisotopic (exact) mass is 285 g/mol. The molecule has 1 heterocycles. The van der Waals surface area contributed by atoms with Crippen LogP contribution in [0.15, 0.2) is 24.3 Å². The lowest BCUT2D eigenvalue weighted by molar-refractivity contribution is 0.0928. The number of rotatable bonds is 3. The van der Waals surface area contributed by atoms with Gasteiger partial charge in [-0.05, 0) is 35.4 Å². The molecule has 1 aliphatic rings. The number of carbonyl (C=O) groups excluding carboxylic acids is 1. The molecule has 21 heavy (non-hydrogen) atoms. The third-order valence-electron chi connectivity index (χ3n) is 3.94. The number of benzene rings is 1. The Morgan fingerprint density at radius 2 is 2.10 bits per heavy atom. The zero-order valence-electron chi connectivity index (χ0n) is 12.1. The summed E-state index contributed by atoms with van der Waals surface area (Å²) in [5.74, 6) is 0.640. The summed E-state index contributed by atoms with van der Waals surface area (Å²) in [4.78, 5) is 12.4. The second-order valence-corrected chi connectivity index (χ2v) is 5.52. The minimum absolute atomic E-state index is 0.0149. The molecule has 0 saturated heterocycles. The van der Waals surface area contributed by atoms with Crippen LogP contribution in [0.4, 0.5) is 0 Å². The molecule has 1 amide bonds. The molecule has 6 heteroatoms. The van der Waals surface area contributed by atoms with E-state index in [0.717, 1.165) is 18.4 Å². The summed E-state index contributed by atoms with van der Waals surface area (Å²) in [6.07, 6.45) is 5.85. The van der Waals surface area contributed by atoms with Crippen LogP contribution in [0.1, 0.15) is 42.5 Å². The first-order chi connectivity index (χ1) is 10.2. The molecule has 1 saturated carbocycles. The van der Waals surface area contributed by atoms with Crippen LogP contribution >= 0.6 is 0 Å². The van der Waals surface area contributed by atoms with Gasteiger partial charge in [0.25, 0.3) is 5.91 Å². The van der Waals surface area contributed by atoms with Crippen LogP contribution in [-0.2, 0) is 7.05 Å². The van der Waals surface area contributed by atoms with Crippen molar-refractivity contribution in [3.05, 3.63) is 29.8 Å². The van der Waals surface area contributed by atoms with Crippen molar-refractivity contribution in [3.8, 4) is 11.4 Å². The van der Waals surface area contributed by atoms with E-state index < -0.39 is 0 Å². The summed E-state index contributed by atoms with van der Waals surface area (Å²) < 4.78 is 1.60. The van der Waals surface area contributed by atoms with Gasteiger partial charge in [-0.1, -0.05) is 31.4 Å². The molecule has 0 unspecified atom stereocenters. The van der Waals surface area contributed by atoms with Crippen molar-refractivity contribution in [1.29, 1.82) is 0 Å². The molecule has 1 N–H and O–H groups in total. The third-order valence-corrected chi connectivity index (χ3v) is 3.94. The molecule has 110 valence electrons. The van der Waals surface area contributed by atoms with E-state index in [1.165, 1.54) is 19.3 Å². The first kappa shape index (κ1) is 13.7. The maximum absolute atomic E-state index is 12.4. The zero-order valence-corrected chi connectivity index (χ0v) is 12.1. The number of hydrogen-bond acceptors (Lipinski definition) is 4. The number of amides is 1. The Bertz CT molecular complexity index is 630. The van der Waals surface area contributed by atoms with Gasteiger partial charge in [0.1, 0.15) is 0 Å². The number of nitrogens with one attached hydrogen (secondary N) is 1. The van der Waals surface area contributed by atoms with Crippen molar-refractivity contribution >= 4 is 5.91 Å². The fourth-order valence-corrected chi connectivity index (χ4v) is 2.79. The summed E-state index contributed by atoms with van der Waals surface area (Å²) in [5, 5.41) is 14.5. The van der Waals surface area contributed by atoms with Crippen molar-refractivity contribution in [2.75, 3.05) is 0 Å². The van der Waals surface area contributed by atoms with Gasteiger partial charge in [0, 0.05) is 24.2 Å². The standard InChI is InChI=1S/C15H19N5O/c1-20-14(17-18-19-20)11-6-5-7-12(10-11)15(21)16-13-8-3-2-4-9-13/h5-7,10,13H,2-4,8-9H2,1H3,(H,16,21). The smallest absolute Gasteiger partial charge is 0.251 e. The minimum atomic E-state index is -0.0149. The van der Waals surface area contributed by atoms with Crippen LogP contribution in [-0.4, -0.2) is 32.2 Å². The van der Waals surface area contributed by atoms with Gasteiger partial charge in [0.2, 0.25) is 0 Å². The predicted molar refractivity (Wildman–Crippen MR) is 78.6 cm³/mol. The second kappa shape index (κ2) is 6.03. The van der Waals surface area contributed by atoms with Gasteiger partial charge < -0.3 is 5.32 Å². The molecule has 1 fully saturated rings. The minimum Gasteiger partial charge on any atom is -0.349 e. The molecule has 6 nitrogen and oxygen atoms in total. The molecular weight excluding hydrogens is 266 g/mol. The van der Waals surface area contributed by atoms with Crippen molar-refractivity contribution < 1.29 is 4.79 Å². The number of nitrogens with zero attached hydrogens (tertiary/aromatic N) is 4. The summed E-state index contributed by atoms with van der Waals surface area (Å²) in [6.45, 7) is 0. The number of hydrogen-bond donors (Lipinski definition) is 1. The van der Waals surface area contributed by atoms with Crippen molar-refractivity contribution in [1.82, 2.24) is 25.5 Å². The first-order valence-electron chi connectivity index (χ1n) is 7.38. The number of carbonyl (C=O) groups is 1. The zero-order chi connectivity index (χ0) is 14.7. The summed E-state index contributed by atoms with van der Waals surface area (Å²) >= 11 is 0. The van der Waals surface area contributed by atoms with Crippen LogP contribution < -0.4 is 5.32 Å². The number of aryl methyl sites for hydroxylation is 1. The van der Waals surface area contributed by atoms with E-state index >= 15 is 0 Å². The quantitative estimate of drug-likeness (QED) is 0.935. The van der Waals surface area contributed by atoms with Gasteiger partial charge in [0.05, 0.1) is 0 Å². The van der Waals surface area contributed by atoms with Crippen molar-refractivity contribution in [2.45, 2.75) is 38.1 Å². The largest absolute Gasteiger partial charge is 0.349 e. The van der Waals surface area contributed by atoms with Gasteiger partial charge in [-0.25, -0.2) is 4.68 Å². The molecule has 1 aromatic carbocycles. The summed E-state index contributed by atoms with van der Waals surface area (Å²) in [6, 6.07) is 7.74. The van der Waals surface area contributed by atoms with Gasteiger partial charge in [0.15, 0.2) is 5.82 Å². The molecule has 1 aromatic heterocycles. The van der Waals surface area contributed by atoms with Crippen LogP contribution in [0.2, 0.25) is 0 Å². The lowest BCUT2D eigenvalue weighted by Crippen LogP contribution is -2.36. The van der Waals surface area contributed by atoms with E-state index in [-0.39, 0.29) is 5.91 Å². The van der Waals surface area contributed by atoms with Crippen molar-refractivity contribution in [2.24, 2.45) is 7.05 Å². The number of aromatic nitrogens is 4. The topological polar surface area (TPSA) is 72.7 Å². The molecule has 0 radical (unpaired) electrons. The fourth-order valence-electron chi connectivity index (χ4n) is 2.79. The second-order valence-electron chi connectivity index (χ2n) is 5.52. The average molecular weight is 285 g/mol. The molecule has 2 aromatic rings. The normalized spacial score (nSPS) is 15.9. The van der Waals surface area contributed by atoms with Crippen LogP contribution in [0.5, 0.6) is 0 Å². The highest BCUT2D eigenvalue weighted by Crippen LogP contribution is 2.19. The van der Waals surface area contributed by atoms with E-state index in [4.69, 9.17) is 0 Å². The maximum Gasteiger partial charge on any atom is 0.251 e. The number of tetrazole rings is 1. The van der Waals surface area contributed by atoms with Crippen LogP contribution in [0.3, 0.4) is 0 Å². The highest BCUT2D eigenvalue weighted by molar-refractivity contribution is 5.95. The van der Waals surface area contributed by atoms with E-state index in [2.05, 4.69) is 20.8 Å². The molecule has 0 aliphatic heterocycles. The highest BCUT2D eigenvalue weighted by Gasteiger charge is 2.17. The first-order valence-corrected chi connectivity index (χ1v) is 7.38. The lowest BCUT2D eigenvalue weighted by atomic mass is 9.95. The van der Waals surface area contributed by atoms with Gasteiger partial charge in [-0.2, -0.15) is 0 Å². The lowest BCUT2D eigenvalue weighted by Gasteiger charge is -2.22. The van der Waals surface area contributed by atoms with E-state index in [1.54, 1.807) is 11.7 Å².